The van der Waals surface area contributed by atoms with Gasteiger partial charge in [0.1, 0.15) is 28.7 Å². The van der Waals surface area contributed by atoms with Crippen molar-refractivity contribution < 1.29 is 27.1 Å². The summed E-state index contributed by atoms with van der Waals surface area (Å²) >= 11 is 0.690. The van der Waals surface area contributed by atoms with Gasteiger partial charge in [0.2, 0.25) is 0 Å². The van der Waals surface area contributed by atoms with Gasteiger partial charge in [-0.1, -0.05) is 6.07 Å². The number of rotatable bonds is 4. The second-order valence-corrected chi connectivity index (χ2v) is 7.90. The van der Waals surface area contributed by atoms with Crippen LogP contribution in [0.2, 0.25) is 0 Å². The lowest BCUT2D eigenvalue weighted by molar-refractivity contribution is -0.141. The molecule has 0 spiro atoms. The molecule has 0 unspecified atom stereocenters. The van der Waals surface area contributed by atoms with Crippen molar-refractivity contribution in [3.8, 4) is 0 Å². The fourth-order valence-corrected chi connectivity index (χ4v) is 3.92. The standard InChI is InChI=1S/C18H17F4N3O2S/c1-9-24-16(18(20,21)22)15(28-9)13(26)6-10-3-4-12(19)11(5-10)17(2)8-27-7-14(23)25-17/h3-5H,6-8H2,1-2H3,(H2,23,25)/t17-/m0/s1. The van der Waals surface area contributed by atoms with Gasteiger partial charge in [-0.05, 0) is 31.5 Å². The number of thiazole rings is 1. The molecule has 0 radical (unpaired) electrons. The van der Waals surface area contributed by atoms with Crippen LogP contribution >= 0.6 is 11.3 Å². The van der Waals surface area contributed by atoms with E-state index in [2.05, 4.69) is 9.98 Å². The summed E-state index contributed by atoms with van der Waals surface area (Å²) in [6, 6.07) is 3.93. The molecule has 0 bridgehead atoms. The summed E-state index contributed by atoms with van der Waals surface area (Å²) in [5, 5.41) is 0.146. The predicted octanol–water partition coefficient (Wildman–Crippen LogP) is 3.64. The molecule has 1 aliphatic heterocycles. The summed E-state index contributed by atoms with van der Waals surface area (Å²) in [4.78, 5) is 19.7. The van der Waals surface area contributed by atoms with Crippen LogP contribution < -0.4 is 5.73 Å². The third-order valence-electron chi connectivity index (χ3n) is 4.25. The molecule has 2 aromatic rings. The number of halogens is 4. The smallest absolute Gasteiger partial charge is 0.386 e. The number of aromatic nitrogens is 1. The number of aryl methyl sites for hydroxylation is 1. The summed E-state index contributed by atoms with van der Waals surface area (Å²) in [5.74, 6) is -1.08. The molecule has 28 heavy (non-hydrogen) atoms. The number of Topliss-reactive ketones (excluding diaryl/α,β-unsaturated/α-hetero) is 1. The highest BCUT2D eigenvalue weighted by molar-refractivity contribution is 7.13. The topological polar surface area (TPSA) is 77.6 Å². The Morgan fingerprint density at radius 3 is 2.75 bits per heavy atom. The number of ether oxygens (including phenoxy) is 1. The van der Waals surface area contributed by atoms with Crippen molar-refractivity contribution in [1.29, 1.82) is 0 Å². The molecule has 1 atom stereocenters. The molecular weight excluding hydrogens is 398 g/mol. The molecule has 10 heteroatoms. The normalized spacial score (nSPS) is 20.1. The minimum Gasteiger partial charge on any atom is -0.386 e. The van der Waals surface area contributed by atoms with Crippen molar-refractivity contribution in [2.45, 2.75) is 32.0 Å². The van der Waals surface area contributed by atoms with E-state index in [1.807, 2.05) is 0 Å². The quantitative estimate of drug-likeness (QED) is 0.611. The van der Waals surface area contributed by atoms with Crippen molar-refractivity contribution in [3.05, 3.63) is 50.7 Å². The molecule has 1 aromatic carbocycles. The van der Waals surface area contributed by atoms with Crippen LogP contribution in [-0.2, 0) is 22.9 Å². The maximum atomic E-state index is 14.4. The molecule has 1 aromatic heterocycles. The average molecular weight is 415 g/mol. The van der Waals surface area contributed by atoms with Crippen LogP contribution in [0.5, 0.6) is 0 Å². The van der Waals surface area contributed by atoms with E-state index in [1.54, 1.807) is 6.92 Å². The number of nitrogens with two attached hydrogens (primary N) is 1. The van der Waals surface area contributed by atoms with Gasteiger partial charge in [-0.2, -0.15) is 13.2 Å². The average Bonchev–Trinajstić information content (AvgIpc) is 2.98. The Hall–Kier alpha value is -2.33. The molecule has 1 aliphatic rings. The number of carbonyl (C=O) groups is 1. The monoisotopic (exact) mass is 415 g/mol. The third kappa shape index (κ3) is 4.07. The highest BCUT2D eigenvalue weighted by Gasteiger charge is 2.39. The van der Waals surface area contributed by atoms with Crippen LogP contribution in [0.15, 0.2) is 23.2 Å². The second kappa shape index (κ2) is 7.25. The SMILES string of the molecule is Cc1nc(C(F)(F)F)c(C(=O)Cc2ccc(F)c([C@]3(C)COCC(N)=N3)c2)s1. The minimum atomic E-state index is -4.72. The maximum absolute atomic E-state index is 14.4. The summed E-state index contributed by atoms with van der Waals surface area (Å²) < 4.78 is 59.1. The first-order chi connectivity index (χ1) is 13.0. The van der Waals surface area contributed by atoms with Gasteiger partial charge >= 0.3 is 6.18 Å². The number of nitrogens with zero attached hydrogens (tertiary/aromatic N) is 2. The molecule has 0 aliphatic carbocycles. The van der Waals surface area contributed by atoms with Crippen LogP contribution in [0.4, 0.5) is 17.6 Å². The molecule has 0 saturated carbocycles. The lowest BCUT2D eigenvalue weighted by Crippen LogP contribution is -2.38. The number of amidine groups is 1. The van der Waals surface area contributed by atoms with Gasteiger partial charge in [-0.15, -0.1) is 11.3 Å². The molecule has 3 rings (SSSR count). The minimum absolute atomic E-state index is 0.0915. The zero-order valence-corrected chi connectivity index (χ0v) is 15.9. The molecule has 2 heterocycles. The fourth-order valence-electron chi connectivity index (χ4n) is 3.04. The van der Waals surface area contributed by atoms with Crippen LogP contribution in [0.25, 0.3) is 0 Å². The predicted molar refractivity (Wildman–Crippen MR) is 96.1 cm³/mol. The molecule has 5 nitrogen and oxygen atoms in total. The first-order valence-electron chi connectivity index (χ1n) is 8.28. The lowest BCUT2D eigenvalue weighted by Gasteiger charge is -2.30. The van der Waals surface area contributed by atoms with E-state index in [0.29, 0.717) is 16.9 Å². The number of alkyl halides is 3. The van der Waals surface area contributed by atoms with Crippen molar-refractivity contribution in [2.75, 3.05) is 13.2 Å². The zero-order valence-electron chi connectivity index (χ0n) is 15.1. The molecule has 0 saturated heterocycles. The largest absolute Gasteiger partial charge is 0.434 e. The zero-order chi connectivity index (χ0) is 20.7. The van der Waals surface area contributed by atoms with Crippen LogP contribution in [0.1, 0.15) is 38.4 Å². The highest BCUT2D eigenvalue weighted by atomic mass is 32.1. The molecule has 2 N–H and O–H groups in total. The lowest BCUT2D eigenvalue weighted by atomic mass is 9.90. The molecule has 0 fully saturated rings. The maximum Gasteiger partial charge on any atom is 0.434 e. The Kier molecular flexibility index (Phi) is 5.28. The Balaban J connectivity index is 1.93. The highest BCUT2D eigenvalue weighted by Crippen LogP contribution is 2.35. The van der Waals surface area contributed by atoms with E-state index in [9.17, 15) is 22.4 Å². The number of hydrogen-bond donors (Lipinski definition) is 1. The van der Waals surface area contributed by atoms with Gasteiger partial charge < -0.3 is 10.5 Å². The number of benzene rings is 1. The van der Waals surface area contributed by atoms with E-state index >= 15 is 0 Å². The number of aliphatic imine (C=N–C) groups is 1. The van der Waals surface area contributed by atoms with Gasteiger partial charge in [-0.25, -0.2) is 9.37 Å². The number of ketones is 1. The summed E-state index contributed by atoms with van der Waals surface area (Å²) in [6.07, 6.45) is -5.04. The Morgan fingerprint density at radius 2 is 2.11 bits per heavy atom. The molecule has 0 amide bonds. The summed E-state index contributed by atoms with van der Waals surface area (Å²) in [5.41, 5.74) is 3.95. The van der Waals surface area contributed by atoms with E-state index in [4.69, 9.17) is 10.5 Å². The van der Waals surface area contributed by atoms with Crippen molar-refractivity contribution in [2.24, 2.45) is 10.7 Å². The van der Waals surface area contributed by atoms with E-state index in [1.165, 1.54) is 19.1 Å². The van der Waals surface area contributed by atoms with Gasteiger partial charge in [-0.3, -0.25) is 9.79 Å². The van der Waals surface area contributed by atoms with Crippen LogP contribution in [0.3, 0.4) is 0 Å². The first kappa shape index (κ1) is 20.4. The summed E-state index contributed by atoms with van der Waals surface area (Å²) in [6.45, 7) is 3.27. The first-order valence-corrected chi connectivity index (χ1v) is 9.10. The van der Waals surface area contributed by atoms with Gasteiger partial charge in [0.15, 0.2) is 11.5 Å². The van der Waals surface area contributed by atoms with Crippen molar-refractivity contribution in [1.82, 2.24) is 4.98 Å². The molecular formula is C18H17F4N3O2S. The van der Waals surface area contributed by atoms with Crippen LogP contribution in [0, 0.1) is 12.7 Å². The third-order valence-corrected chi connectivity index (χ3v) is 5.27. The van der Waals surface area contributed by atoms with Gasteiger partial charge in [0.05, 0.1) is 11.6 Å². The number of hydrogen-bond acceptors (Lipinski definition) is 6. The van der Waals surface area contributed by atoms with Crippen molar-refractivity contribution >= 4 is 23.0 Å². The van der Waals surface area contributed by atoms with E-state index in [-0.39, 0.29) is 36.0 Å². The molecule has 150 valence electrons. The Labute approximate surface area is 162 Å². The number of carbonyl (C=O) groups excluding carboxylic acids is 1. The van der Waals surface area contributed by atoms with E-state index in [0.717, 1.165) is 6.07 Å². The van der Waals surface area contributed by atoms with E-state index < -0.39 is 33.9 Å². The second-order valence-electron chi connectivity index (χ2n) is 6.69. The summed E-state index contributed by atoms with van der Waals surface area (Å²) in [7, 11) is 0. The van der Waals surface area contributed by atoms with Gasteiger partial charge in [0, 0.05) is 12.0 Å². The van der Waals surface area contributed by atoms with Gasteiger partial charge in [0.25, 0.3) is 0 Å². The Morgan fingerprint density at radius 1 is 1.39 bits per heavy atom. The fraction of sp³-hybridized carbons (Fsp3) is 0.389. The van der Waals surface area contributed by atoms with Crippen LogP contribution in [-0.4, -0.2) is 29.8 Å². The Bertz CT molecular complexity index is 955. The van der Waals surface area contributed by atoms with Crippen molar-refractivity contribution in [3.63, 3.8) is 0 Å².